The van der Waals surface area contributed by atoms with E-state index in [0.717, 1.165) is 0 Å². The predicted molar refractivity (Wildman–Crippen MR) is 44.4 cm³/mol. The summed E-state index contributed by atoms with van der Waals surface area (Å²) in [5, 5.41) is 0. The van der Waals surface area contributed by atoms with Crippen LogP contribution in [0.5, 0.6) is 0 Å². The van der Waals surface area contributed by atoms with Crippen LogP contribution in [0.3, 0.4) is 0 Å². The van der Waals surface area contributed by atoms with Gasteiger partial charge in [0.15, 0.2) is 11.6 Å². The first-order chi connectivity index (χ1) is 6.79. The Bertz CT molecular complexity index is 395. The lowest BCUT2D eigenvalue weighted by molar-refractivity contribution is 0.492. The molecule has 0 saturated heterocycles. The van der Waals surface area contributed by atoms with Crippen molar-refractivity contribution in [3.05, 3.63) is 41.1 Å². The van der Waals surface area contributed by atoms with Crippen LogP contribution in [0.1, 0.15) is 5.56 Å². The molecule has 0 aliphatic carbocycles. The smallest absolute Gasteiger partial charge is 0.445 e. The van der Waals surface area contributed by atoms with Crippen molar-refractivity contribution in [2.45, 2.75) is 0 Å². The number of rotatable bonds is 2. The second-order valence-electron chi connectivity index (χ2n) is 2.78. The van der Waals surface area contributed by atoms with Crippen LogP contribution in [-0.2, 0) is 0 Å². The minimum atomic E-state index is -5.26. The predicted octanol–water partition coefficient (Wildman–Crippen LogP) is 3.50. The normalized spacial score (nSPS) is 12.4. The molecule has 15 heavy (non-hydrogen) atoms. The summed E-state index contributed by atoms with van der Waals surface area (Å²) in [7, 11) is 0. The van der Waals surface area contributed by atoms with E-state index in [1.165, 1.54) is 0 Å². The van der Waals surface area contributed by atoms with Crippen molar-refractivity contribution < 1.29 is 26.1 Å². The van der Waals surface area contributed by atoms with Gasteiger partial charge in [0.1, 0.15) is 5.82 Å². The quantitative estimate of drug-likeness (QED) is 0.410. The third-order valence-electron chi connectivity index (χ3n) is 1.52. The van der Waals surface area contributed by atoms with Gasteiger partial charge in [0.2, 0.25) is 0 Å². The van der Waals surface area contributed by atoms with Crippen molar-refractivity contribution in [2.24, 2.45) is 0 Å². The third-order valence-corrected chi connectivity index (χ3v) is 1.52. The standard InChI is InChI=1S/C8H4BF6/c10-6-3-5(1-2-9(13,14)15)8(12)7(11)4-6/h1-4H/q-1/b2-1+. The van der Waals surface area contributed by atoms with Crippen LogP contribution in [0.4, 0.5) is 26.1 Å². The Labute approximate surface area is 81.3 Å². The lowest BCUT2D eigenvalue weighted by Gasteiger charge is -2.06. The van der Waals surface area contributed by atoms with Crippen LogP contribution in [-0.4, -0.2) is 6.98 Å². The molecule has 0 aliphatic rings. The summed E-state index contributed by atoms with van der Waals surface area (Å²) in [6.07, 6.45) is 0.293. The average molecular weight is 225 g/mol. The van der Waals surface area contributed by atoms with Crippen LogP contribution in [0.25, 0.3) is 6.08 Å². The SMILES string of the molecule is Fc1cc(F)c(F)c(/C=C/[B-](F)(F)F)c1. The fourth-order valence-corrected chi connectivity index (χ4v) is 0.910. The van der Waals surface area contributed by atoms with Gasteiger partial charge in [-0.15, -0.1) is 5.98 Å². The van der Waals surface area contributed by atoms with Gasteiger partial charge in [0.05, 0.1) is 0 Å². The van der Waals surface area contributed by atoms with Crippen molar-refractivity contribution in [1.82, 2.24) is 0 Å². The zero-order valence-electron chi connectivity index (χ0n) is 7.15. The lowest BCUT2D eigenvalue weighted by atomic mass is 9.90. The molecule has 0 fully saturated rings. The molecule has 0 aromatic heterocycles. The first-order valence-corrected chi connectivity index (χ1v) is 3.83. The first kappa shape index (κ1) is 11.7. The van der Waals surface area contributed by atoms with E-state index in [1.54, 1.807) is 0 Å². The van der Waals surface area contributed by atoms with E-state index in [0.29, 0.717) is 12.1 Å². The molecule has 0 bridgehead atoms. The Morgan fingerprint density at radius 2 is 1.60 bits per heavy atom. The Hall–Kier alpha value is -1.40. The molecule has 0 amide bonds. The highest BCUT2D eigenvalue weighted by Gasteiger charge is 2.18. The molecule has 0 spiro atoms. The summed E-state index contributed by atoms with van der Waals surface area (Å²) in [4.78, 5) is 0. The van der Waals surface area contributed by atoms with Crippen LogP contribution in [0.15, 0.2) is 18.1 Å². The molecule has 0 saturated carbocycles. The first-order valence-electron chi connectivity index (χ1n) is 3.83. The second-order valence-corrected chi connectivity index (χ2v) is 2.78. The van der Waals surface area contributed by atoms with E-state index < -0.39 is 30.0 Å². The van der Waals surface area contributed by atoms with Crippen molar-refractivity contribution in [3.8, 4) is 0 Å². The van der Waals surface area contributed by atoms with Crippen LogP contribution < -0.4 is 0 Å². The highest BCUT2D eigenvalue weighted by Crippen LogP contribution is 2.18. The van der Waals surface area contributed by atoms with E-state index in [-0.39, 0.29) is 12.0 Å². The van der Waals surface area contributed by atoms with Gasteiger partial charge in [0, 0.05) is 11.6 Å². The maximum atomic E-state index is 12.8. The Kier molecular flexibility index (Phi) is 3.11. The molecular weight excluding hydrogens is 221 g/mol. The average Bonchev–Trinajstić information content (AvgIpc) is 2.07. The fourth-order valence-electron chi connectivity index (χ4n) is 0.910. The summed E-state index contributed by atoms with van der Waals surface area (Å²) in [5.41, 5.74) is -0.772. The van der Waals surface area contributed by atoms with E-state index >= 15 is 0 Å². The van der Waals surface area contributed by atoms with Crippen molar-refractivity contribution in [2.75, 3.05) is 0 Å². The van der Waals surface area contributed by atoms with Gasteiger partial charge in [-0.2, -0.15) is 0 Å². The van der Waals surface area contributed by atoms with Crippen LogP contribution in [0.2, 0.25) is 0 Å². The van der Waals surface area contributed by atoms with Gasteiger partial charge in [0.25, 0.3) is 0 Å². The molecule has 0 N–H and O–H groups in total. The number of hydrogen-bond donors (Lipinski definition) is 0. The molecule has 1 rings (SSSR count). The molecule has 0 unspecified atom stereocenters. The molecule has 7 heteroatoms. The molecule has 1 aromatic carbocycles. The van der Waals surface area contributed by atoms with E-state index in [9.17, 15) is 26.1 Å². The van der Waals surface area contributed by atoms with Crippen molar-refractivity contribution in [3.63, 3.8) is 0 Å². The maximum Gasteiger partial charge on any atom is 0.502 e. The van der Waals surface area contributed by atoms with Gasteiger partial charge in [-0.1, -0.05) is 6.08 Å². The van der Waals surface area contributed by atoms with Gasteiger partial charge in [-0.3, -0.25) is 0 Å². The summed E-state index contributed by atoms with van der Waals surface area (Å²) >= 11 is 0. The number of benzene rings is 1. The maximum absolute atomic E-state index is 12.8. The Morgan fingerprint density at radius 1 is 1.00 bits per heavy atom. The molecule has 0 aliphatic heterocycles. The summed E-state index contributed by atoms with van der Waals surface area (Å²) in [5.74, 6) is -4.41. The largest absolute Gasteiger partial charge is 0.502 e. The highest BCUT2D eigenvalue weighted by molar-refractivity contribution is 6.64. The molecule has 82 valence electrons. The van der Waals surface area contributed by atoms with E-state index in [4.69, 9.17) is 0 Å². The van der Waals surface area contributed by atoms with Crippen LogP contribution in [0, 0.1) is 17.5 Å². The van der Waals surface area contributed by atoms with Crippen molar-refractivity contribution in [1.29, 1.82) is 0 Å². The Morgan fingerprint density at radius 3 is 2.13 bits per heavy atom. The zero-order valence-corrected chi connectivity index (χ0v) is 7.15. The minimum Gasteiger partial charge on any atom is -0.445 e. The molecule has 0 nitrogen and oxygen atoms in total. The minimum absolute atomic E-state index is 0.239. The molecular formula is C8H4BF6-. The summed E-state index contributed by atoms with van der Waals surface area (Å²) < 4.78 is 73.1. The number of hydrogen-bond acceptors (Lipinski definition) is 0. The van der Waals surface area contributed by atoms with E-state index in [2.05, 4.69) is 0 Å². The second kappa shape index (κ2) is 4.00. The number of halogens is 6. The fraction of sp³-hybridized carbons (Fsp3) is 0. The lowest BCUT2D eigenvalue weighted by Crippen LogP contribution is -2.09. The van der Waals surface area contributed by atoms with Gasteiger partial charge in [-0.05, 0) is 6.07 Å². The van der Waals surface area contributed by atoms with Crippen LogP contribution >= 0.6 is 0 Å². The van der Waals surface area contributed by atoms with Gasteiger partial charge < -0.3 is 12.9 Å². The highest BCUT2D eigenvalue weighted by atomic mass is 19.4. The topological polar surface area (TPSA) is 0 Å². The van der Waals surface area contributed by atoms with Gasteiger partial charge >= 0.3 is 6.98 Å². The summed E-state index contributed by atoms with van der Waals surface area (Å²) in [6.45, 7) is -5.26. The van der Waals surface area contributed by atoms with E-state index in [1.807, 2.05) is 0 Å². The Balaban J connectivity index is 3.10. The monoisotopic (exact) mass is 225 g/mol. The molecule has 0 heterocycles. The summed E-state index contributed by atoms with van der Waals surface area (Å²) in [6, 6.07) is 0.738. The molecule has 0 atom stereocenters. The third kappa shape index (κ3) is 3.34. The molecule has 1 aromatic rings. The van der Waals surface area contributed by atoms with Gasteiger partial charge in [-0.25, -0.2) is 13.2 Å². The molecule has 0 radical (unpaired) electrons. The van der Waals surface area contributed by atoms with Crippen molar-refractivity contribution >= 4 is 13.1 Å². The zero-order chi connectivity index (χ0) is 11.6.